The topological polar surface area (TPSA) is 61.9 Å². The highest BCUT2D eigenvalue weighted by Crippen LogP contribution is 2.20. The van der Waals surface area contributed by atoms with E-state index in [0.29, 0.717) is 52.0 Å². The molecule has 0 atom stereocenters. The lowest BCUT2D eigenvalue weighted by molar-refractivity contribution is -0.146. The highest BCUT2D eigenvalue weighted by molar-refractivity contribution is 5.82. The number of ether oxygens (including phenoxy) is 1. The van der Waals surface area contributed by atoms with Crippen LogP contribution in [0.15, 0.2) is 0 Å². The van der Waals surface area contributed by atoms with Crippen molar-refractivity contribution in [3.05, 3.63) is 0 Å². The Morgan fingerprint density at radius 3 is 2.41 bits per heavy atom. The number of likely N-dealkylation sites (tertiary alicyclic amines) is 1. The van der Waals surface area contributed by atoms with Crippen LogP contribution in [0.2, 0.25) is 0 Å². The van der Waals surface area contributed by atoms with Crippen LogP contribution < -0.4 is 5.32 Å². The van der Waals surface area contributed by atoms with Gasteiger partial charge in [0.15, 0.2) is 0 Å². The first kappa shape index (κ1) is 15.7. The summed E-state index contributed by atoms with van der Waals surface area (Å²) >= 11 is 0. The van der Waals surface area contributed by atoms with E-state index in [2.05, 4.69) is 10.2 Å². The Bertz CT molecular complexity index is 397. The maximum Gasteiger partial charge on any atom is 0.234 e. The number of morpholine rings is 1. The predicted molar refractivity (Wildman–Crippen MR) is 82.3 cm³/mol. The third kappa shape index (κ3) is 3.98. The Kier molecular flexibility index (Phi) is 5.31. The molecule has 0 aromatic heterocycles. The minimum Gasteiger partial charge on any atom is -0.378 e. The molecule has 3 rings (SSSR count). The van der Waals surface area contributed by atoms with Gasteiger partial charge in [-0.05, 0) is 12.8 Å². The van der Waals surface area contributed by atoms with Crippen molar-refractivity contribution in [2.45, 2.75) is 38.1 Å². The molecule has 2 saturated heterocycles. The van der Waals surface area contributed by atoms with Gasteiger partial charge in [-0.3, -0.25) is 14.5 Å². The quantitative estimate of drug-likeness (QED) is 0.807. The first-order valence-corrected chi connectivity index (χ1v) is 8.60. The minimum absolute atomic E-state index is 0.0700. The Morgan fingerprint density at radius 2 is 1.73 bits per heavy atom. The summed E-state index contributed by atoms with van der Waals surface area (Å²) in [6, 6.07) is 0.369. The van der Waals surface area contributed by atoms with Crippen molar-refractivity contribution in [1.29, 1.82) is 0 Å². The van der Waals surface area contributed by atoms with E-state index < -0.39 is 0 Å². The molecular weight excluding hydrogens is 282 g/mol. The van der Waals surface area contributed by atoms with E-state index in [9.17, 15) is 9.59 Å². The first-order chi connectivity index (χ1) is 10.7. The normalized spacial score (nSPS) is 24.8. The number of amides is 2. The highest BCUT2D eigenvalue weighted by Gasteiger charge is 2.36. The van der Waals surface area contributed by atoms with E-state index in [0.717, 1.165) is 12.8 Å². The molecule has 0 spiro atoms. The zero-order valence-corrected chi connectivity index (χ0v) is 13.3. The van der Waals surface area contributed by atoms with Crippen LogP contribution >= 0.6 is 0 Å². The van der Waals surface area contributed by atoms with E-state index in [1.54, 1.807) is 0 Å². The van der Waals surface area contributed by atoms with Gasteiger partial charge in [0, 0.05) is 32.2 Å². The summed E-state index contributed by atoms with van der Waals surface area (Å²) in [7, 11) is 0. The lowest BCUT2D eigenvalue weighted by Crippen LogP contribution is -2.58. The van der Waals surface area contributed by atoms with Crippen LogP contribution in [-0.4, -0.2) is 73.6 Å². The molecule has 0 bridgehead atoms. The molecule has 1 saturated carbocycles. The molecule has 2 heterocycles. The Morgan fingerprint density at radius 1 is 1.05 bits per heavy atom. The maximum atomic E-state index is 12.3. The van der Waals surface area contributed by atoms with Gasteiger partial charge in [-0.1, -0.05) is 19.3 Å². The average molecular weight is 309 g/mol. The number of carbonyl (C=O) groups is 2. The highest BCUT2D eigenvalue weighted by atomic mass is 16.5. The number of rotatable bonds is 4. The zero-order valence-electron chi connectivity index (χ0n) is 13.3. The average Bonchev–Trinajstić information content (AvgIpc) is 2.52. The van der Waals surface area contributed by atoms with Gasteiger partial charge in [0.2, 0.25) is 11.8 Å². The van der Waals surface area contributed by atoms with Gasteiger partial charge in [0.1, 0.15) is 0 Å². The molecule has 1 N–H and O–H groups in total. The summed E-state index contributed by atoms with van der Waals surface area (Å²) in [6.07, 6.45) is 5.98. The van der Waals surface area contributed by atoms with Crippen LogP contribution in [0.5, 0.6) is 0 Å². The molecule has 124 valence electrons. The molecule has 0 radical (unpaired) electrons. The molecule has 1 aliphatic carbocycles. The molecule has 6 nitrogen and oxygen atoms in total. The van der Waals surface area contributed by atoms with Crippen LogP contribution in [-0.2, 0) is 14.3 Å². The fourth-order valence-corrected chi connectivity index (χ4v) is 3.62. The second-order valence-electron chi connectivity index (χ2n) is 6.73. The molecule has 3 fully saturated rings. The van der Waals surface area contributed by atoms with Crippen molar-refractivity contribution in [2.24, 2.45) is 5.92 Å². The second-order valence-corrected chi connectivity index (χ2v) is 6.73. The Balaban J connectivity index is 1.34. The molecule has 3 aliphatic rings. The van der Waals surface area contributed by atoms with Gasteiger partial charge in [-0.15, -0.1) is 0 Å². The zero-order chi connectivity index (χ0) is 15.4. The fourth-order valence-electron chi connectivity index (χ4n) is 3.62. The number of nitrogens with one attached hydrogen (secondary N) is 1. The first-order valence-electron chi connectivity index (χ1n) is 8.60. The Hall–Kier alpha value is -1.14. The fraction of sp³-hybridized carbons (Fsp3) is 0.875. The third-order valence-electron chi connectivity index (χ3n) is 4.97. The van der Waals surface area contributed by atoms with E-state index >= 15 is 0 Å². The van der Waals surface area contributed by atoms with E-state index in [-0.39, 0.29) is 17.7 Å². The van der Waals surface area contributed by atoms with Crippen LogP contribution in [0.1, 0.15) is 32.1 Å². The molecule has 0 aromatic carbocycles. The number of carbonyl (C=O) groups excluding carboxylic acids is 2. The molecule has 6 heteroatoms. The van der Waals surface area contributed by atoms with Gasteiger partial charge in [-0.2, -0.15) is 0 Å². The predicted octanol–water partition coefficient (Wildman–Crippen LogP) is 0.226. The molecule has 0 aromatic rings. The van der Waals surface area contributed by atoms with E-state index in [1.807, 2.05) is 4.90 Å². The monoisotopic (exact) mass is 309 g/mol. The molecule has 2 amide bonds. The van der Waals surface area contributed by atoms with Crippen molar-refractivity contribution in [1.82, 2.24) is 15.1 Å². The summed E-state index contributed by atoms with van der Waals surface area (Å²) in [4.78, 5) is 28.3. The van der Waals surface area contributed by atoms with E-state index in [1.165, 1.54) is 19.3 Å². The van der Waals surface area contributed by atoms with E-state index in [4.69, 9.17) is 4.74 Å². The number of hydrogen-bond acceptors (Lipinski definition) is 4. The minimum atomic E-state index is 0.0700. The van der Waals surface area contributed by atoms with Gasteiger partial charge in [-0.25, -0.2) is 0 Å². The van der Waals surface area contributed by atoms with Crippen LogP contribution in [0.4, 0.5) is 0 Å². The lowest BCUT2D eigenvalue weighted by atomic mass is 9.95. The lowest BCUT2D eigenvalue weighted by Gasteiger charge is -2.41. The molecular formula is C16H27N3O3. The summed E-state index contributed by atoms with van der Waals surface area (Å²) in [5.41, 5.74) is 0. The number of nitrogens with zero attached hydrogens (tertiary/aromatic N) is 2. The second kappa shape index (κ2) is 7.42. The summed E-state index contributed by atoms with van der Waals surface area (Å²) in [6.45, 7) is 4.57. The van der Waals surface area contributed by atoms with Gasteiger partial charge in [0.25, 0.3) is 0 Å². The van der Waals surface area contributed by atoms with Crippen molar-refractivity contribution >= 4 is 11.8 Å². The standard InChI is InChI=1S/C16H27N3O3/c20-15(17-14-4-2-1-3-5-14)12-18-10-13(11-18)16(21)19-6-8-22-9-7-19/h13-14H,1-12H2,(H,17,20). The molecule has 0 unspecified atom stereocenters. The van der Waals surface area contributed by atoms with Crippen molar-refractivity contribution in [2.75, 3.05) is 45.9 Å². The van der Waals surface area contributed by atoms with Gasteiger partial charge >= 0.3 is 0 Å². The summed E-state index contributed by atoms with van der Waals surface area (Å²) in [5, 5.41) is 3.13. The van der Waals surface area contributed by atoms with Crippen molar-refractivity contribution < 1.29 is 14.3 Å². The third-order valence-corrected chi connectivity index (χ3v) is 4.97. The SMILES string of the molecule is O=C(CN1CC(C(=O)N2CCOCC2)C1)NC1CCCCC1. The van der Waals surface area contributed by atoms with Crippen LogP contribution in [0, 0.1) is 5.92 Å². The molecule has 2 aliphatic heterocycles. The van der Waals surface area contributed by atoms with Crippen LogP contribution in [0.3, 0.4) is 0 Å². The van der Waals surface area contributed by atoms with Crippen molar-refractivity contribution in [3.63, 3.8) is 0 Å². The summed E-state index contributed by atoms with van der Waals surface area (Å²) in [5.74, 6) is 0.414. The van der Waals surface area contributed by atoms with Gasteiger partial charge < -0.3 is 15.0 Å². The number of hydrogen-bond donors (Lipinski definition) is 1. The Labute approximate surface area is 132 Å². The summed E-state index contributed by atoms with van der Waals surface area (Å²) < 4.78 is 5.27. The van der Waals surface area contributed by atoms with Crippen molar-refractivity contribution in [3.8, 4) is 0 Å². The van der Waals surface area contributed by atoms with Gasteiger partial charge in [0.05, 0.1) is 25.7 Å². The maximum absolute atomic E-state index is 12.3. The largest absolute Gasteiger partial charge is 0.378 e. The van der Waals surface area contributed by atoms with Crippen LogP contribution in [0.25, 0.3) is 0 Å². The smallest absolute Gasteiger partial charge is 0.234 e. The molecule has 22 heavy (non-hydrogen) atoms.